The van der Waals surface area contributed by atoms with Crippen molar-refractivity contribution in [3.8, 4) is 0 Å². The summed E-state index contributed by atoms with van der Waals surface area (Å²) in [5.74, 6) is -0.163. The van der Waals surface area contributed by atoms with Crippen molar-refractivity contribution in [2.75, 3.05) is 12.0 Å². The van der Waals surface area contributed by atoms with Crippen molar-refractivity contribution in [2.24, 2.45) is 0 Å². The molecule has 1 aliphatic carbocycles. The molecule has 3 N–H and O–H groups in total. The number of hydrogen-bond donors (Lipinski definition) is 3. The van der Waals surface area contributed by atoms with Crippen molar-refractivity contribution in [3.05, 3.63) is 29.8 Å². The second-order valence-corrected chi connectivity index (χ2v) is 6.06. The van der Waals surface area contributed by atoms with Crippen LogP contribution in [0.2, 0.25) is 0 Å². The molecular weight excluding hydrogens is 280 g/mol. The third-order valence-electron chi connectivity index (χ3n) is 4.10. The molecule has 0 radical (unpaired) electrons. The molecule has 1 unspecified atom stereocenters. The molecule has 1 saturated carbocycles. The Bertz CT molecular complexity index is 554. The first kappa shape index (κ1) is 14.7. The van der Waals surface area contributed by atoms with E-state index in [-0.39, 0.29) is 11.9 Å². The number of carbonyl (C=O) groups is 2. The largest absolute Gasteiger partial charge is 0.335 e. The van der Waals surface area contributed by atoms with E-state index >= 15 is 0 Å². The fourth-order valence-electron chi connectivity index (χ4n) is 2.62. The van der Waals surface area contributed by atoms with Crippen molar-refractivity contribution in [1.29, 1.82) is 0 Å². The highest BCUT2D eigenvalue weighted by atomic mass is 16.2. The lowest BCUT2D eigenvalue weighted by molar-refractivity contribution is -0.124. The molecule has 6 heteroatoms. The van der Waals surface area contributed by atoms with Gasteiger partial charge in [0.2, 0.25) is 0 Å². The van der Waals surface area contributed by atoms with Crippen LogP contribution in [0.25, 0.3) is 0 Å². The number of hydrogen-bond acceptors (Lipinski definition) is 3. The molecule has 3 rings (SSSR count). The number of benzene rings is 1. The van der Waals surface area contributed by atoms with E-state index < -0.39 is 6.04 Å². The summed E-state index contributed by atoms with van der Waals surface area (Å²) in [5.41, 5.74) is 7.59. The maximum atomic E-state index is 12.3. The fourth-order valence-corrected chi connectivity index (χ4v) is 2.62. The van der Waals surface area contributed by atoms with Gasteiger partial charge in [-0.05, 0) is 44.7 Å². The molecular formula is C16H22N4O2. The van der Waals surface area contributed by atoms with E-state index in [1.54, 1.807) is 4.90 Å². The maximum Gasteiger partial charge on any atom is 0.318 e. The first-order valence-corrected chi connectivity index (χ1v) is 7.83. The zero-order valence-electron chi connectivity index (χ0n) is 12.8. The van der Waals surface area contributed by atoms with Gasteiger partial charge in [-0.3, -0.25) is 15.6 Å². The molecule has 1 atom stereocenters. The van der Waals surface area contributed by atoms with Crippen LogP contribution in [-0.4, -0.2) is 35.5 Å². The molecule has 6 nitrogen and oxygen atoms in total. The summed E-state index contributed by atoms with van der Waals surface area (Å²) in [5, 5.41) is 2.95. The van der Waals surface area contributed by atoms with E-state index in [0.29, 0.717) is 19.0 Å². The van der Waals surface area contributed by atoms with Crippen LogP contribution in [0.3, 0.4) is 0 Å². The minimum atomic E-state index is -0.392. The third-order valence-corrected chi connectivity index (χ3v) is 4.10. The lowest BCUT2D eigenvalue weighted by Gasteiger charge is -2.24. The lowest BCUT2D eigenvalue weighted by Crippen LogP contribution is -2.50. The van der Waals surface area contributed by atoms with E-state index in [1.165, 1.54) is 0 Å². The molecule has 1 aliphatic heterocycles. The van der Waals surface area contributed by atoms with E-state index in [2.05, 4.69) is 16.2 Å². The number of amides is 3. The van der Waals surface area contributed by atoms with E-state index in [4.69, 9.17) is 0 Å². The van der Waals surface area contributed by atoms with Gasteiger partial charge in [0.25, 0.3) is 5.91 Å². The van der Waals surface area contributed by atoms with Crippen molar-refractivity contribution < 1.29 is 9.59 Å². The molecule has 2 aliphatic rings. The average molecular weight is 302 g/mol. The molecule has 1 saturated heterocycles. The van der Waals surface area contributed by atoms with Crippen LogP contribution in [0.4, 0.5) is 10.5 Å². The highest BCUT2D eigenvalue weighted by molar-refractivity contribution is 5.88. The van der Waals surface area contributed by atoms with Crippen LogP contribution in [0, 0.1) is 6.92 Å². The van der Waals surface area contributed by atoms with Crippen molar-refractivity contribution >= 4 is 17.6 Å². The standard InChI is InChI=1S/C16H22N4O2/c1-11-4-6-13(7-5-11)18-19-15(21)14-3-2-10-20(14)16(22)17-12-8-9-12/h4-7,12,14,18H,2-3,8-10H2,1H3,(H,17,22)(H,19,21). The smallest absolute Gasteiger partial charge is 0.318 e. The fraction of sp³-hybridized carbons (Fsp3) is 0.500. The minimum Gasteiger partial charge on any atom is -0.335 e. The number of urea groups is 1. The SMILES string of the molecule is Cc1ccc(NNC(=O)C2CCCN2C(=O)NC2CC2)cc1. The van der Waals surface area contributed by atoms with E-state index in [0.717, 1.165) is 30.5 Å². The Balaban J connectivity index is 1.53. The third kappa shape index (κ3) is 3.50. The zero-order valence-corrected chi connectivity index (χ0v) is 12.8. The van der Waals surface area contributed by atoms with Gasteiger partial charge in [-0.2, -0.15) is 0 Å². The molecule has 2 fully saturated rings. The lowest BCUT2D eigenvalue weighted by atomic mass is 10.2. The van der Waals surface area contributed by atoms with Crippen molar-refractivity contribution in [3.63, 3.8) is 0 Å². The first-order chi connectivity index (χ1) is 10.6. The summed E-state index contributed by atoms with van der Waals surface area (Å²) >= 11 is 0. The Hall–Kier alpha value is -2.24. The van der Waals surface area contributed by atoms with Crippen LogP contribution in [0.15, 0.2) is 24.3 Å². The molecule has 1 aromatic rings. The van der Waals surface area contributed by atoms with Crippen LogP contribution < -0.4 is 16.2 Å². The molecule has 1 aromatic carbocycles. The summed E-state index contributed by atoms with van der Waals surface area (Å²) in [4.78, 5) is 26.1. The van der Waals surface area contributed by atoms with Gasteiger partial charge < -0.3 is 10.2 Å². The monoisotopic (exact) mass is 302 g/mol. The Morgan fingerprint density at radius 1 is 1.14 bits per heavy atom. The van der Waals surface area contributed by atoms with Crippen LogP contribution in [0.1, 0.15) is 31.2 Å². The highest BCUT2D eigenvalue weighted by Gasteiger charge is 2.36. The summed E-state index contributed by atoms with van der Waals surface area (Å²) in [6.07, 6.45) is 3.66. The zero-order chi connectivity index (χ0) is 15.5. The molecule has 3 amide bonds. The first-order valence-electron chi connectivity index (χ1n) is 7.83. The van der Waals surface area contributed by atoms with Gasteiger partial charge in [0, 0.05) is 12.6 Å². The van der Waals surface area contributed by atoms with Crippen LogP contribution in [-0.2, 0) is 4.79 Å². The van der Waals surface area contributed by atoms with Crippen LogP contribution >= 0.6 is 0 Å². The molecule has 22 heavy (non-hydrogen) atoms. The molecule has 1 heterocycles. The number of nitrogens with one attached hydrogen (secondary N) is 3. The van der Waals surface area contributed by atoms with E-state index in [1.807, 2.05) is 31.2 Å². The maximum absolute atomic E-state index is 12.3. The highest BCUT2D eigenvalue weighted by Crippen LogP contribution is 2.22. The molecule has 118 valence electrons. The normalized spacial score (nSPS) is 20.6. The van der Waals surface area contributed by atoms with Crippen molar-refractivity contribution in [2.45, 2.75) is 44.7 Å². The van der Waals surface area contributed by atoms with Gasteiger partial charge in [-0.1, -0.05) is 17.7 Å². The molecule has 0 bridgehead atoms. The topological polar surface area (TPSA) is 73.5 Å². The number of nitrogens with zero attached hydrogens (tertiary/aromatic N) is 1. The van der Waals surface area contributed by atoms with Crippen molar-refractivity contribution in [1.82, 2.24) is 15.6 Å². The van der Waals surface area contributed by atoms with Gasteiger partial charge in [0.05, 0.1) is 5.69 Å². The number of hydrazine groups is 1. The number of likely N-dealkylation sites (tertiary alicyclic amines) is 1. The minimum absolute atomic E-state index is 0.115. The second kappa shape index (κ2) is 6.25. The quantitative estimate of drug-likeness (QED) is 0.742. The molecule has 0 aromatic heterocycles. The Morgan fingerprint density at radius 2 is 1.86 bits per heavy atom. The second-order valence-electron chi connectivity index (χ2n) is 6.06. The number of carbonyl (C=O) groups excluding carboxylic acids is 2. The summed E-state index contributed by atoms with van der Waals surface area (Å²) in [6.45, 7) is 2.65. The summed E-state index contributed by atoms with van der Waals surface area (Å²) in [7, 11) is 0. The van der Waals surface area contributed by atoms with Gasteiger partial charge in [0.15, 0.2) is 0 Å². The number of aryl methyl sites for hydroxylation is 1. The number of anilines is 1. The summed E-state index contributed by atoms with van der Waals surface area (Å²) in [6, 6.07) is 7.55. The van der Waals surface area contributed by atoms with E-state index in [9.17, 15) is 9.59 Å². The van der Waals surface area contributed by atoms with Gasteiger partial charge in [-0.25, -0.2) is 4.79 Å². The Kier molecular flexibility index (Phi) is 4.18. The summed E-state index contributed by atoms with van der Waals surface area (Å²) < 4.78 is 0. The predicted octanol–water partition coefficient (Wildman–Crippen LogP) is 1.77. The van der Waals surface area contributed by atoms with Gasteiger partial charge in [0.1, 0.15) is 6.04 Å². The predicted molar refractivity (Wildman–Crippen MR) is 84.2 cm³/mol. The van der Waals surface area contributed by atoms with Crippen LogP contribution in [0.5, 0.6) is 0 Å². The van der Waals surface area contributed by atoms with Gasteiger partial charge in [-0.15, -0.1) is 0 Å². The van der Waals surface area contributed by atoms with Gasteiger partial charge >= 0.3 is 6.03 Å². The Labute approximate surface area is 130 Å². The Morgan fingerprint density at radius 3 is 2.55 bits per heavy atom. The average Bonchev–Trinajstić information content (AvgIpc) is 3.18. The number of rotatable bonds is 4. The molecule has 0 spiro atoms.